The molecule has 4 nitrogen and oxygen atoms in total. The maximum absolute atomic E-state index is 13.0. The first-order valence-electron chi connectivity index (χ1n) is 6.20. The first-order chi connectivity index (χ1) is 9.66. The smallest absolute Gasteiger partial charge is 0.155 e. The fourth-order valence-corrected chi connectivity index (χ4v) is 2.08. The fraction of sp³-hybridized carbons (Fsp3) is 0.0667. The number of benzene rings is 2. The third-order valence-corrected chi connectivity index (χ3v) is 3.17. The minimum atomic E-state index is -0.293. The van der Waals surface area contributed by atoms with E-state index in [0.717, 1.165) is 16.8 Å². The standard InChI is InChI=1S/C15H13FN4/c1-10-4-2-3-5-13(10)20-15(17)14(18-19-20)11-6-8-12(16)9-7-11/h2-9H,17H2,1H3. The van der Waals surface area contributed by atoms with Gasteiger partial charge in [0.25, 0.3) is 0 Å². The Bertz CT molecular complexity index is 747. The molecule has 1 aromatic heterocycles. The summed E-state index contributed by atoms with van der Waals surface area (Å²) in [6.07, 6.45) is 0. The van der Waals surface area contributed by atoms with Gasteiger partial charge in [-0.15, -0.1) is 5.10 Å². The molecular formula is C15H13FN4. The molecule has 20 heavy (non-hydrogen) atoms. The van der Waals surface area contributed by atoms with Crippen LogP contribution in [-0.2, 0) is 0 Å². The second-order valence-corrected chi connectivity index (χ2v) is 4.53. The average Bonchev–Trinajstić information content (AvgIpc) is 2.82. The first-order valence-corrected chi connectivity index (χ1v) is 6.20. The Morgan fingerprint density at radius 1 is 1.05 bits per heavy atom. The van der Waals surface area contributed by atoms with Gasteiger partial charge in [0, 0.05) is 5.56 Å². The number of halogens is 1. The van der Waals surface area contributed by atoms with Crippen LogP contribution in [0.5, 0.6) is 0 Å². The van der Waals surface area contributed by atoms with Crippen LogP contribution in [0.15, 0.2) is 48.5 Å². The molecule has 1 heterocycles. The number of hydrogen-bond donors (Lipinski definition) is 1. The van der Waals surface area contributed by atoms with E-state index in [2.05, 4.69) is 10.3 Å². The van der Waals surface area contributed by atoms with Crippen molar-refractivity contribution in [3.63, 3.8) is 0 Å². The van der Waals surface area contributed by atoms with Crippen molar-refractivity contribution in [2.75, 3.05) is 5.73 Å². The summed E-state index contributed by atoms with van der Waals surface area (Å²) in [6.45, 7) is 1.98. The second-order valence-electron chi connectivity index (χ2n) is 4.53. The van der Waals surface area contributed by atoms with Crippen molar-refractivity contribution in [2.24, 2.45) is 0 Å². The lowest BCUT2D eigenvalue weighted by Gasteiger charge is -2.06. The Kier molecular flexibility index (Phi) is 2.95. The average molecular weight is 268 g/mol. The molecule has 0 aliphatic rings. The van der Waals surface area contributed by atoms with Crippen LogP contribution in [-0.4, -0.2) is 15.0 Å². The van der Waals surface area contributed by atoms with Gasteiger partial charge in [-0.2, -0.15) is 4.68 Å². The SMILES string of the molecule is Cc1ccccc1-n1nnc(-c2ccc(F)cc2)c1N. The van der Waals surface area contributed by atoms with E-state index in [4.69, 9.17) is 5.73 Å². The molecule has 0 aliphatic heterocycles. The zero-order valence-electron chi connectivity index (χ0n) is 10.9. The van der Waals surface area contributed by atoms with E-state index in [0.29, 0.717) is 11.5 Å². The summed E-state index contributed by atoms with van der Waals surface area (Å²) < 4.78 is 14.5. The van der Waals surface area contributed by atoms with Crippen LogP contribution in [0.3, 0.4) is 0 Å². The maximum Gasteiger partial charge on any atom is 0.155 e. The Balaban J connectivity index is 2.09. The van der Waals surface area contributed by atoms with Gasteiger partial charge in [0.15, 0.2) is 5.82 Å². The minimum absolute atomic E-state index is 0.293. The number of rotatable bonds is 2. The number of aryl methyl sites for hydroxylation is 1. The van der Waals surface area contributed by atoms with Crippen molar-refractivity contribution in [1.29, 1.82) is 0 Å². The van der Waals surface area contributed by atoms with Gasteiger partial charge in [0.1, 0.15) is 11.5 Å². The molecule has 0 radical (unpaired) electrons. The minimum Gasteiger partial charge on any atom is -0.382 e. The summed E-state index contributed by atoms with van der Waals surface area (Å²) in [7, 11) is 0. The fourth-order valence-electron chi connectivity index (χ4n) is 2.08. The topological polar surface area (TPSA) is 56.7 Å². The molecular weight excluding hydrogens is 255 g/mol. The zero-order valence-corrected chi connectivity index (χ0v) is 10.9. The molecule has 100 valence electrons. The Hall–Kier alpha value is -2.69. The maximum atomic E-state index is 13.0. The summed E-state index contributed by atoms with van der Waals surface area (Å²) in [6, 6.07) is 13.8. The van der Waals surface area contributed by atoms with Gasteiger partial charge >= 0.3 is 0 Å². The first kappa shape index (κ1) is 12.3. The van der Waals surface area contributed by atoms with Crippen LogP contribution < -0.4 is 5.73 Å². The van der Waals surface area contributed by atoms with Gasteiger partial charge in [-0.05, 0) is 42.8 Å². The lowest BCUT2D eigenvalue weighted by Crippen LogP contribution is -2.03. The molecule has 0 amide bonds. The highest BCUT2D eigenvalue weighted by Gasteiger charge is 2.14. The van der Waals surface area contributed by atoms with Crippen LogP contribution in [0, 0.1) is 12.7 Å². The summed E-state index contributed by atoms with van der Waals surface area (Å²) in [5, 5.41) is 8.19. The van der Waals surface area contributed by atoms with Gasteiger partial charge in [-0.1, -0.05) is 23.4 Å². The highest BCUT2D eigenvalue weighted by Crippen LogP contribution is 2.26. The van der Waals surface area contributed by atoms with Gasteiger partial charge in [-0.25, -0.2) is 4.39 Å². The lowest BCUT2D eigenvalue weighted by molar-refractivity contribution is 0.628. The number of nitrogens with two attached hydrogens (primary N) is 1. The Morgan fingerprint density at radius 2 is 1.75 bits per heavy atom. The van der Waals surface area contributed by atoms with Gasteiger partial charge in [0.2, 0.25) is 0 Å². The second kappa shape index (κ2) is 4.77. The van der Waals surface area contributed by atoms with Crippen molar-refractivity contribution in [3.8, 4) is 16.9 Å². The van der Waals surface area contributed by atoms with E-state index >= 15 is 0 Å². The van der Waals surface area contributed by atoms with Crippen LogP contribution >= 0.6 is 0 Å². The summed E-state index contributed by atoms with van der Waals surface area (Å²) in [5.41, 5.74) is 9.34. The monoisotopic (exact) mass is 268 g/mol. The predicted molar refractivity (Wildman–Crippen MR) is 75.9 cm³/mol. The van der Waals surface area contributed by atoms with E-state index in [1.165, 1.54) is 12.1 Å². The molecule has 0 atom stereocenters. The normalized spacial score (nSPS) is 10.7. The molecule has 5 heteroatoms. The predicted octanol–water partition coefficient (Wildman–Crippen LogP) is 2.96. The number of nitrogens with zero attached hydrogens (tertiary/aromatic N) is 3. The number of anilines is 1. The number of para-hydroxylation sites is 1. The Morgan fingerprint density at radius 3 is 2.45 bits per heavy atom. The molecule has 3 aromatic rings. The largest absolute Gasteiger partial charge is 0.382 e. The molecule has 0 unspecified atom stereocenters. The van der Waals surface area contributed by atoms with E-state index < -0.39 is 0 Å². The molecule has 0 aliphatic carbocycles. The molecule has 2 N–H and O–H groups in total. The third kappa shape index (κ3) is 2.03. The molecule has 0 saturated heterocycles. The van der Waals surface area contributed by atoms with Crippen LogP contribution in [0.2, 0.25) is 0 Å². The summed E-state index contributed by atoms with van der Waals surface area (Å²) in [4.78, 5) is 0. The van der Waals surface area contributed by atoms with Crippen LogP contribution in [0.25, 0.3) is 16.9 Å². The summed E-state index contributed by atoms with van der Waals surface area (Å²) in [5.74, 6) is 0.143. The molecule has 3 rings (SSSR count). The molecule has 0 saturated carbocycles. The number of aromatic nitrogens is 3. The van der Waals surface area contributed by atoms with Crippen molar-refractivity contribution >= 4 is 5.82 Å². The van der Waals surface area contributed by atoms with Gasteiger partial charge in [0.05, 0.1) is 5.69 Å². The van der Waals surface area contributed by atoms with Crippen LogP contribution in [0.4, 0.5) is 10.2 Å². The van der Waals surface area contributed by atoms with Gasteiger partial charge in [-0.3, -0.25) is 0 Å². The van der Waals surface area contributed by atoms with E-state index in [-0.39, 0.29) is 5.82 Å². The number of hydrogen-bond acceptors (Lipinski definition) is 3. The molecule has 0 spiro atoms. The molecule has 2 aromatic carbocycles. The van der Waals surface area contributed by atoms with Crippen molar-refractivity contribution in [2.45, 2.75) is 6.92 Å². The highest BCUT2D eigenvalue weighted by molar-refractivity contribution is 5.71. The van der Waals surface area contributed by atoms with Crippen LogP contribution in [0.1, 0.15) is 5.56 Å². The Labute approximate surface area is 115 Å². The zero-order chi connectivity index (χ0) is 14.1. The third-order valence-electron chi connectivity index (χ3n) is 3.17. The van der Waals surface area contributed by atoms with E-state index in [1.807, 2.05) is 31.2 Å². The van der Waals surface area contributed by atoms with E-state index in [1.54, 1.807) is 16.8 Å². The number of nitrogen functional groups attached to an aromatic ring is 1. The quantitative estimate of drug-likeness (QED) is 0.777. The molecule has 0 fully saturated rings. The van der Waals surface area contributed by atoms with Crippen molar-refractivity contribution in [1.82, 2.24) is 15.0 Å². The van der Waals surface area contributed by atoms with E-state index in [9.17, 15) is 4.39 Å². The highest BCUT2D eigenvalue weighted by atomic mass is 19.1. The van der Waals surface area contributed by atoms with Crippen molar-refractivity contribution < 1.29 is 4.39 Å². The molecule has 0 bridgehead atoms. The summed E-state index contributed by atoms with van der Waals surface area (Å²) >= 11 is 0. The lowest BCUT2D eigenvalue weighted by atomic mass is 10.1. The van der Waals surface area contributed by atoms with Gasteiger partial charge < -0.3 is 5.73 Å². The van der Waals surface area contributed by atoms with Crippen molar-refractivity contribution in [3.05, 3.63) is 59.9 Å².